The van der Waals surface area contributed by atoms with Gasteiger partial charge in [0.05, 0.1) is 17.4 Å². The van der Waals surface area contributed by atoms with Gasteiger partial charge in [-0.3, -0.25) is 9.69 Å². The van der Waals surface area contributed by atoms with E-state index in [0.29, 0.717) is 4.91 Å². The predicted octanol–water partition coefficient (Wildman–Crippen LogP) is 1.19. The summed E-state index contributed by atoms with van der Waals surface area (Å²) < 4.78 is 0.235. The summed E-state index contributed by atoms with van der Waals surface area (Å²) in [4.78, 5) is 23.9. The summed E-state index contributed by atoms with van der Waals surface area (Å²) in [5, 5.41) is 10.5. The van der Waals surface area contributed by atoms with Crippen molar-refractivity contribution in [2.45, 2.75) is 0 Å². The number of thioether (sulfide) groups is 1. The van der Waals surface area contributed by atoms with Crippen molar-refractivity contribution >= 4 is 46.3 Å². The lowest BCUT2D eigenvalue weighted by Gasteiger charge is -2.14. The van der Waals surface area contributed by atoms with Gasteiger partial charge in [-0.25, -0.2) is 0 Å². The van der Waals surface area contributed by atoms with Gasteiger partial charge in [0.1, 0.15) is 4.32 Å². The Kier molecular flexibility index (Phi) is 4.70. The fourth-order valence-electron chi connectivity index (χ4n) is 1.59. The van der Waals surface area contributed by atoms with Crippen LogP contribution in [0.2, 0.25) is 0 Å². The van der Waals surface area contributed by atoms with Gasteiger partial charge in [-0.1, -0.05) is 66.5 Å². The van der Waals surface area contributed by atoms with E-state index in [1.807, 2.05) is 36.4 Å². The highest BCUT2D eigenvalue weighted by atomic mass is 32.2. The Hall–Kier alpha value is -1.92. The molecule has 0 unspecified atom stereocenters. The van der Waals surface area contributed by atoms with Gasteiger partial charge in [-0.15, -0.1) is 0 Å². The van der Waals surface area contributed by atoms with E-state index >= 15 is 0 Å². The van der Waals surface area contributed by atoms with E-state index < -0.39 is 18.4 Å². The van der Waals surface area contributed by atoms with E-state index in [-0.39, 0.29) is 4.32 Å². The number of thiocarbonyl (C=S) groups is 1. The van der Waals surface area contributed by atoms with Crippen molar-refractivity contribution in [3.63, 3.8) is 0 Å². The summed E-state index contributed by atoms with van der Waals surface area (Å²) in [6, 6.07) is 9.62. The predicted molar refractivity (Wildman–Crippen MR) is 80.5 cm³/mol. The third-order valence-corrected chi connectivity index (χ3v) is 3.89. The second kappa shape index (κ2) is 6.49. The molecule has 0 spiro atoms. The van der Waals surface area contributed by atoms with Crippen LogP contribution in [0, 0.1) is 0 Å². The first kappa shape index (κ1) is 14.5. The number of nitrogens with zero attached hydrogens (tertiary/aromatic N) is 1. The molecule has 6 heteroatoms. The Bertz CT molecular complexity index is 608. The van der Waals surface area contributed by atoms with Gasteiger partial charge in [0, 0.05) is 0 Å². The number of amides is 1. The van der Waals surface area contributed by atoms with Gasteiger partial charge >= 0.3 is 0 Å². The Labute approximate surface area is 125 Å². The van der Waals surface area contributed by atoms with Crippen LogP contribution >= 0.6 is 24.0 Å². The first-order valence-electron chi connectivity index (χ1n) is 5.75. The molecular formula is C14H10NO3S2-. The van der Waals surface area contributed by atoms with Crippen molar-refractivity contribution in [3.05, 3.63) is 53.0 Å². The minimum absolute atomic E-state index is 0.235. The number of rotatable bonds is 4. The second-order valence-corrected chi connectivity index (χ2v) is 5.61. The highest BCUT2D eigenvalue weighted by Gasteiger charge is 2.31. The number of allylic oxidation sites excluding steroid dienone is 2. The highest BCUT2D eigenvalue weighted by Crippen LogP contribution is 2.30. The molecule has 2 rings (SSSR count). The van der Waals surface area contributed by atoms with E-state index in [4.69, 9.17) is 12.2 Å². The molecule has 0 radical (unpaired) electrons. The van der Waals surface area contributed by atoms with Crippen molar-refractivity contribution in [1.82, 2.24) is 4.90 Å². The molecule has 1 aromatic carbocycles. The van der Waals surface area contributed by atoms with Gasteiger partial charge in [0.25, 0.3) is 5.91 Å². The zero-order chi connectivity index (χ0) is 14.5. The molecule has 0 aliphatic carbocycles. The molecule has 1 aliphatic heterocycles. The van der Waals surface area contributed by atoms with Crippen LogP contribution < -0.4 is 5.11 Å². The van der Waals surface area contributed by atoms with Crippen molar-refractivity contribution < 1.29 is 14.7 Å². The number of hydrogen-bond donors (Lipinski definition) is 0. The summed E-state index contributed by atoms with van der Waals surface area (Å²) in [7, 11) is 0. The number of hydrogen-bond acceptors (Lipinski definition) is 5. The quantitative estimate of drug-likeness (QED) is 0.618. The number of carbonyl (C=O) groups is 2. The number of carboxylic acid groups (broad SMARTS) is 1. The lowest BCUT2D eigenvalue weighted by atomic mass is 10.2. The maximum atomic E-state index is 11.9. The van der Waals surface area contributed by atoms with E-state index in [1.54, 1.807) is 12.2 Å². The largest absolute Gasteiger partial charge is 0.548 e. The average Bonchev–Trinajstić information content (AvgIpc) is 2.67. The molecule has 0 saturated carbocycles. The molecule has 0 N–H and O–H groups in total. The van der Waals surface area contributed by atoms with Crippen LogP contribution in [0.3, 0.4) is 0 Å². The lowest BCUT2D eigenvalue weighted by Crippen LogP contribution is -2.40. The number of carbonyl (C=O) groups excluding carboxylic acids is 2. The molecule has 1 aromatic rings. The normalized spacial score (nSPS) is 17.4. The number of benzene rings is 1. The summed E-state index contributed by atoms with van der Waals surface area (Å²) in [5.41, 5.74) is 1.01. The lowest BCUT2D eigenvalue weighted by molar-refractivity contribution is -0.305. The van der Waals surface area contributed by atoms with E-state index in [1.165, 1.54) is 0 Å². The maximum absolute atomic E-state index is 11.9. The van der Waals surface area contributed by atoms with Crippen LogP contribution in [0.4, 0.5) is 0 Å². The molecule has 1 saturated heterocycles. The Morgan fingerprint density at radius 1 is 1.35 bits per heavy atom. The van der Waals surface area contributed by atoms with Crippen LogP contribution in [-0.4, -0.2) is 27.6 Å². The highest BCUT2D eigenvalue weighted by molar-refractivity contribution is 8.26. The zero-order valence-electron chi connectivity index (χ0n) is 10.3. The molecule has 0 bridgehead atoms. The van der Waals surface area contributed by atoms with E-state index in [9.17, 15) is 14.7 Å². The topological polar surface area (TPSA) is 60.4 Å². The number of carboxylic acids is 1. The molecule has 1 heterocycles. The van der Waals surface area contributed by atoms with E-state index in [2.05, 4.69) is 0 Å². The summed E-state index contributed by atoms with van der Waals surface area (Å²) in [6.45, 7) is -0.510. The summed E-state index contributed by atoms with van der Waals surface area (Å²) in [5.74, 6) is -1.73. The van der Waals surface area contributed by atoms with Gasteiger partial charge in [-0.05, 0) is 11.6 Å². The van der Waals surface area contributed by atoms with E-state index in [0.717, 1.165) is 22.2 Å². The Balaban J connectivity index is 2.08. The minimum Gasteiger partial charge on any atom is -0.548 e. The van der Waals surface area contributed by atoms with Gasteiger partial charge in [-0.2, -0.15) is 0 Å². The summed E-state index contributed by atoms with van der Waals surface area (Å²) >= 11 is 6.05. The third kappa shape index (κ3) is 3.55. The monoisotopic (exact) mass is 304 g/mol. The molecule has 0 aromatic heterocycles. The molecule has 1 amide bonds. The van der Waals surface area contributed by atoms with Crippen molar-refractivity contribution in [1.29, 1.82) is 0 Å². The zero-order valence-corrected chi connectivity index (χ0v) is 11.9. The molecule has 1 fully saturated rings. The maximum Gasteiger partial charge on any atom is 0.266 e. The molecule has 20 heavy (non-hydrogen) atoms. The smallest absolute Gasteiger partial charge is 0.266 e. The van der Waals surface area contributed by atoms with Crippen molar-refractivity contribution in [2.24, 2.45) is 0 Å². The second-order valence-electron chi connectivity index (χ2n) is 3.93. The Morgan fingerprint density at radius 3 is 2.70 bits per heavy atom. The van der Waals surface area contributed by atoms with Gasteiger partial charge in [0.15, 0.2) is 0 Å². The SMILES string of the molecule is O=C([O-])CN1C(=O)/C(=C/C=C/c2ccccc2)SC1=S. The van der Waals surface area contributed by atoms with Gasteiger partial charge in [0.2, 0.25) is 0 Å². The van der Waals surface area contributed by atoms with Gasteiger partial charge < -0.3 is 9.90 Å². The minimum atomic E-state index is -1.33. The first-order valence-corrected chi connectivity index (χ1v) is 6.97. The first-order chi connectivity index (χ1) is 9.58. The molecule has 4 nitrogen and oxygen atoms in total. The van der Waals surface area contributed by atoms with Crippen LogP contribution in [-0.2, 0) is 9.59 Å². The molecule has 102 valence electrons. The molecular weight excluding hydrogens is 294 g/mol. The summed E-state index contributed by atoms with van der Waals surface area (Å²) in [6.07, 6.45) is 5.22. The van der Waals surface area contributed by atoms with Crippen LogP contribution in [0.5, 0.6) is 0 Å². The fourth-order valence-corrected chi connectivity index (χ4v) is 2.80. The van der Waals surface area contributed by atoms with Crippen LogP contribution in [0.1, 0.15) is 5.56 Å². The fraction of sp³-hybridized carbons (Fsp3) is 0.0714. The van der Waals surface area contributed by atoms with Crippen molar-refractivity contribution in [3.8, 4) is 0 Å². The number of aliphatic carboxylic acids is 1. The molecule has 1 aliphatic rings. The third-order valence-electron chi connectivity index (χ3n) is 2.50. The standard InChI is InChI=1S/C14H11NO3S2/c16-12(17)9-15-13(18)11(20-14(15)19)8-4-7-10-5-2-1-3-6-10/h1-8H,9H2,(H,16,17)/p-1/b7-4+,11-8-. The molecule has 0 atom stereocenters. The van der Waals surface area contributed by atoms with Crippen LogP contribution in [0.25, 0.3) is 6.08 Å². The Morgan fingerprint density at radius 2 is 2.05 bits per heavy atom. The average molecular weight is 304 g/mol. The van der Waals surface area contributed by atoms with Crippen LogP contribution in [0.15, 0.2) is 47.4 Å². The van der Waals surface area contributed by atoms with Crippen molar-refractivity contribution in [2.75, 3.05) is 6.54 Å².